The van der Waals surface area contributed by atoms with E-state index in [0.29, 0.717) is 28.8 Å². The lowest BCUT2D eigenvalue weighted by atomic mass is 10.1. The number of carbonyl (C=O) groups excluding carboxylic acids is 1. The smallest absolute Gasteiger partial charge is 0.262 e. The lowest BCUT2D eigenvalue weighted by molar-refractivity contribution is -0.118. The highest BCUT2D eigenvalue weighted by atomic mass is 35.5. The summed E-state index contributed by atoms with van der Waals surface area (Å²) in [5, 5.41) is 3.38. The van der Waals surface area contributed by atoms with E-state index in [0.717, 1.165) is 27.9 Å². The number of aliphatic imine (C=N–C) groups is 1. The molecule has 3 aromatic rings. The quantitative estimate of drug-likeness (QED) is 0.402. The molecule has 6 heteroatoms. The van der Waals surface area contributed by atoms with Crippen LogP contribution in [0.5, 0.6) is 11.5 Å². The van der Waals surface area contributed by atoms with Gasteiger partial charge in [0.05, 0.1) is 12.3 Å². The fourth-order valence-electron chi connectivity index (χ4n) is 3.01. The molecule has 1 amide bonds. The van der Waals surface area contributed by atoms with Crippen LogP contribution in [-0.2, 0) is 4.79 Å². The summed E-state index contributed by atoms with van der Waals surface area (Å²) in [5.41, 5.74) is 5.64. The van der Waals surface area contributed by atoms with E-state index in [4.69, 9.17) is 21.1 Å². The van der Waals surface area contributed by atoms with Crippen molar-refractivity contribution in [1.82, 2.24) is 0 Å². The number of rotatable bonds is 8. The van der Waals surface area contributed by atoms with Gasteiger partial charge in [-0.25, -0.2) is 0 Å². The predicted octanol–water partition coefficient (Wildman–Crippen LogP) is 6.43. The largest absolute Gasteiger partial charge is 0.490 e. The van der Waals surface area contributed by atoms with Gasteiger partial charge in [0.1, 0.15) is 0 Å². The van der Waals surface area contributed by atoms with Crippen molar-refractivity contribution in [3.63, 3.8) is 0 Å². The van der Waals surface area contributed by atoms with E-state index in [9.17, 15) is 4.79 Å². The number of hydrogen-bond donors (Lipinski definition) is 1. The lowest BCUT2D eigenvalue weighted by Gasteiger charge is -2.13. The van der Waals surface area contributed by atoms with Crippen LogP contribution < -0.4 is 14.8 Å². The van der Waals surface area contributed by atoms with E-state index in [1.54, 1.807) is 24.4 Å². The summed E-state index contributed by atoms with van der Waals surface area (Å²) in [7, 11) is 0. The number of halogens is 1. The number of anilines is 1. The molecular weight excluding hydrogens is 424 g/mol. The second kappa shape index (κ2) is 10.8. The monoisotopic (exact) mass is 450 g/mol. The van der Waals surface area contributed by atoms with Crippen molar-refractivity contribution >= 4 is 35.1 Å². The molecule has 0 spiro atoms. The van der Waals surface area contributed by atoms with Crippen LogP contribution in [0.4, 0.5) is 11.4 Å². The Morgan fingerprint density at radius 3 is 2.50 bits per heavy atom. The highest BCUT2D eigenvalue weighted by Crippen LogP contribution is 2.29. The Morgan fingerprint density at radius 1 is 0.969 bits per heavy atom. The van der Waals surface area contributed by atoms with Gasteiger partial charge in [-0.05, 0) is 86.3 Å². The molecule has 0 bridgehead atoms. The highest BCUT2D eigenvalue weighted by molar-refractivity contribution is 6.31. The van der Waals surface area contributed by atoms with E-state index >= 15 is 0 Å². The Hall–Kier alpha value is -3.31. The molecule has 0 heterocycles. The van der Waals surface area contributed by atoms with Crippen LogP contribution in [-0.4, -0.2) is 25.3 Å². The maximum absolute atomic E-state index is 12.3. The van der Waals surface area contributed by atoms with Crippen LogP contribution >= 0.6 is 11.6 Å². The second-order valence-electron chi connectivity index (χ2n) is 7.49. The van der Waals surface area contributed by atoms with Gasteiger partial charge < -0.3 is 14.8 Å². The van der Waals surface area contributed by atoms with Crippen LogP contribution in [0.2, 0.25) is 5.02 Å². The number of nitrogens with zero attached hydrogens (tertiary/aromatic N) is 1. The van der Waals surface area contributed by atoms with Gasteiger partial charge in [0.2, 0.25) is 0 Å². The van der Waals surface area contributed by atoms with Crippen molar-refractivity contribution in [2.75, 3.05) is 18.5 Å². The highest BCUT2D eigenvalue weighted by Gasteiger charge is 2.10. The van der Waals surface area contributed by atoms with Gasteiger partial charge in [0.15, 0.2) is 18.1 Å². The zero-order valence-corrected chi connectivity index (χ0v) is 19.5. The molecule has 3 aromatic carbocycles. The molecule has 1 N–H and O–H groups in total. The maximum Gasteiger partial charge on any atom is 0.262 e. The molecule has 0 saturated carbocycles. The Bertz CT molecular complexity index is 1140. The molecule has 166 valence electrons. The number of benzene rings is 3. The number of hydrogen-bond acceptors (Lipinski definition) is 4. The summed E-state index contributed by atoms with van der Waals surface area (Å²) in [5.74, 6) is 0.768. The first-order valence-electron chi connectivity index (χ1n) is 10.4. The first-order valence-corrected chi connectivity index (χ1v) is 10.8. The van der Waals surface area contributed by atoms with E-state index in [1.807, 2.05) is 52.0 Å². The Labute approximate surface area is 194 Å². The van der Waals surface area contributed by atoms with Gasteiger partial charge in [-0.1, -0.05) is 29.8 Å². The summed E-state index contributed by atoms with van der Waals surface area (Å²) in [6.45, 7) is 8.20. The SMILES string of the molecule is CCOc1cc(C=Nc2cc(C)ccc2C)ccc1OCC(=O)Nc1ccc(C)c(Cl)c1. The fourth-order valence-corrected chi connectivity index (χ4v) is 3.19. The van der Waals surface area contributed by atoms with Crippen LogP contribution in [0.25, 0.3) is 0 Å². The summed E-state index contributed by atoms with van der Waals surface area (Å²) in [4.78, 5) is 16.9. The van der Waals surface area contributed by atoms with Crippen molar-refractivity contribution in [2.45, 2.75) is 27.7 Å². The molecule has 32 heavy (non-hydrogen) atoms. The van der Waals surface area contributed by atoms with Crippen LogP contribution in [0.3, 0.4) is 0 Å². The zero-order chi connectivity index (χ0) is 23.1. The summed E-state index contributed by atoms with van der Waals surface area (Å²) in [6.07, 6.45) is 1.79. The first kappa shape index (κ1) is 23.4. The number of amides is 1. The summed E-state index contributed by atoms with van der Waals surface area (Å²) < 4.78 is 11.4. The van der Waals surface area contributed by atoms with Gasteiger partial charge in [0, 0.05) is 16.9 Å². The normalized spacial score (nSPS) is 10.9. The van der Waals surface area contributed by atoms with Crippen molar-refractivity contribution in [1.29, 1.82) is 0 Å². The topological polar surface area (TPSA) is 59.9 Å². The number of nitrogens with one attached hydrogen (secondary N) is 1. The predicted molar refractivity (Wildman–Crippen MR) is 131 cm³/mol. The summed E-state index contributed by atoms with van der Waals surface area (Å²) >= 11 is 6.11. The fraction of sp³-hybridized carbons (Fsp3) is 0.231. The minimum atomic E-state index is -0.284. The van der Waals surface area contributed by atoms with Gasteiger partial charge in [-0.2, -0.15) is 0 Å². The molecule has 3 rings (SSSR count). The third kappa shape index (κ3) is 6.34. The van der Waals surface area contributed by atoms with Gasteiger partial charge in [0.25, 0.3) is 5.91 Å². The summed E-state index contributed by atoms with van der Waals surface area (Å²) in [6, 6.07) is 17.1. The average Bonchev–Trinajstić information content (AvgIpc) is 2.76. The number of aryl methyl sites for hydroxylation is 3. The van der Waals surface area contributed by atoms with Crippen molar-refractivity contribution < 1.29 is 14.3 Å². The molecule has 0 aromatic heterocycles. The average molecular weight is 451 g/mol. The van der Waals surface area contributed by atoms with E-state index < -0.39 is 0 Å². The Morgan fingerprint density at radius 2 is 1.75 bits per heavy atom. The van der Waals surface area contributed by atoms with Crippen LogP contribution in [0.15, 0.2) is 59.6 Å². The molecule has 0 aliphatic heterocycles. The molecular formula is C26H27ClN2O3. The molecule has 5 nitrogen and oxygen atoms in total. The van der Waals surface area contributed by atoms with Crippen molar-refractivity contribution in [3.05, 3.63) is 81.9 Å². The van der Waals surface area contributed by atoms with Gasteiger partial charge in [-0.15, -0.1) is 0 Å². The third-order valence-corrected chi connectivity index (χ3v) is 5.21. The molecule has 0 aliphatic carbocycles. The molecule has 0 radical (unpaired) electrons. The number of ether oxygens (including phenoxy) is 2. The molecule has 0 fully saturated rings. The van der Waals surface area contributed by atoms with Crippen molar-refractivity contribution in [3.8, 4) is 11.5 Å². The van der Waals surface area contributed by atoms with Crippen LogP contribution in [0.1, 0.15) is 29.2 Å². The molecule has 0 saturated heterocycles. The molecule has 0 aliphatic rings. The van der Waals surface area contributed by atoms with E-state index in [1.165, 1.54) is 0 Å². The minimum absolute atomic E-state index is 0.151. The molecule has 0 atom stereocenters. The van der Waals surface area contributed by atoms with Crippen molar-refractivity contribution in [2.24, 2.45) is 4.99 Å². The van der Waals surface area contributed by atoms with Crippen LogP contribution in [0, 0.1) is 20.8 Å². The standard InChI is InChI=1S/C26H27ClN2O3/c1-5-31-25-13-20(15-28-23-12-17(2)6-7-19(23)4)9-11-24(25)32-16-26(30)29-21-10-8-18(3)22(27)14-21/h6-15H,5,16H2,1-4H3,(H,29,30). The zero-order valence-electron chi connectivity index (χ0n) is 18.7. The van der Waals surface area contributed by atoms with Gasteiger partial charge in [-0.3, -0.25) is 9.79 Å². The third-order valence-electron chi connectivity index (χ3n) is 4.80. The maximum atomic E-state index is 12.3. The Kier molecular flexibility index (Phi) is 7.90. The molecule has 0 unspecified atom stereocenters. The lowest BCUT2D eigenvalue weighted by Crippen LogP contribution is -2.20. The Balaban J connectivity index is 1.68. The van der Waals surface area contributed by atoms with E-state index in [2.05, 4.69) is 22.4 Å². The number of carbonyl (C=O) groups is 1. The van der Waals surface area contributed by atoms with E-state index in [-0.39, 0.29) is 12.5 Å². The first-order chi connectivity index (χ1) is 15.4. The minimum Gasteiger partial charge on any atom is -0.490 e. The second-order valence-corrected chi connectivity index (χ2v) is 7.90. The van der Waals surface area contributed by atoms with Gasteiger partial charge >= 0.3 is 0 Å².